The molecule has 0 fully saturated rings. The monoisotopic (exact) mass is 211 g/mol. The van der Waals surface area contributed by atoms with Crippen LogP contribution in [0, 0.1) is 0 Å². The second-order valence-corrected chi connectivity index (χ2v) is 3.25. The standard InChI is InChI=1S/C11H11NO2.Na/c13-11(14)6-5-9-7-8-3-1-2-4-10(8)12-9;/h1-4,7,12H,5-6H2,(H,13,14);/q;+1/p-1. The Morgan fingerprint density at radius 3 is 2.73 bits per heavy atom. The summed E-state index contributed by atoms with van der Waals surface area (Å²) in [6.45, 7) is 0. The molecule has 0 aliphatic carbocycles. The molecule has 0 saturated heterocycles. The molecule has 0 saturated carbocycles. The fourth-order valence-corrected chi connectivity index (χ4v) is 1.50. The van der Waals surface area contributed by atoms with E-state index in [4.69, 9.17) is 0 Å². The van der Waals surface area contributed by atoms with Crippen LogP contribution in [0.1, 0.15) is 12.1 Å². The number of nitrogens with one attached hydrogen (secondary N) is 1. The van der Waals surface area contributed by atoms with Gasteiger partial charge >= 0.3 is 29.6 Å². The molecule has 0 bridgehead atoms. The van der Waals surface area contributed by atoms with Crippen LogP contribution < -0.4 is 34.7 Å². The Morgan fingerprint density at radius 1 is 1.33 bits per heavy atom. The predicted molar refractivity (Wildman–Crippen MR) is 51.6 cm³/mol. The summed E-state index contributed by atoms with van der Waals surface area (Å²) in [4.78, 5) is 13.4. The van der Waals surface area contributed by atoms with Gasteiger partial charge in [0.15, 0.2) is 0 Å². The van der Waals surface area contributed by atoms with Crippen LogP contribution >= 0.6 is 0 Å². The number of carboxylic acid groups (broad SMARTS) is 1. The summed E-state index contributed by atoms with van der Waals surface area (Å²) in [5.41, 5.74) is 1.98. The number of aromatic nitrogens is 1. The largest absolute Gasteiger partial charge is 1.00 e. The molecule has 2 rings (SSSR count). The SMILES string of the molecule is O=C([O-])CCc1cc2ccccc2[nH]1.[Na+]. The van der Waals surface area contributed by atoms with Crippen LogP contribution in [-0.2, 0) is 11.2 Å². The van der Waals surface area contributed by atoms with Crippen LogP contribution in [0.4, 0.5) is 0 Å². The number of carbonyl (C=O) groups is 1. The van der Waals surface area contributed by atoms with Gasteiger partial charge in [0.2, 0.25) is 0 Å². The molecule has 3 nitrogen and oxygen atoms in total. The Bertz CT molecular complexity index is 431. The molecule has 1 aromatic carbocycles. The molecule has 0 spiro atoms. The van der Waals surface area contributed by atoms with Crippen molar-refractivity contribution in [3.8, 4) is 0 Å². The van der Waals surface area contributed by atoms with Crippen molar-refractivity contribution >= 4 is 16.9 Å². The second-order valence-electron chi connectivity index (χ2n) is 3.25. The molecule has 1 N–H and O–H groups in total. The van der Waals surface area contributed by atoms with Gasteiger partial charge in [0, 0.05) is 17.2 Å². The predicted octanol–water partition coefficient (Wildman–Crippen LogP) is -2.15. The fraction of sp³-hybridized carbons (Fsp3) is 0.182. The number of fused-ring (bicyclic) bond motifs is 1. The molecule has 15 heavy (non-hydrogen) atoms. The van der Waals surface area contributed by atoms with E-state index in [1.165, 1.54) is 0 Å². The molecule has 2 aromatic rings. The zero-order valence-corrected chi connectivity index (χ0v) is 10.6. The van der Waals surface area contributed by atoms with Crippen molar-refractivity contribution in [2.75, 3.05) is 0 Å². The van der Waals surface area contributed by atoms with E-state index in [-0.39, 0.29) is 36.0 Å². The number of para-hydroxylation sites is 1. The minimum Gasteiger partial charge on any atom is -0.550 e. The van der Waals surface area contributed by atoms with Gasteiger partial charge in [-0.1, -0.05) is 18.2 Å². The first-order valence-electron chi connectivity index (χ1n) is 4.52. The molecular weight excluding hydrogens is 201 g/mol. The number of hydrogen-bond donors (Lipinski definition) is 1. The Morgan fingerprint density at radius 2 is 2.07 bits per heavy atom. The van der Waals surface area contributed by atoms with E-state index in [0.29, 0.717) is 6.42 Å². The first kappa shape index (κ1) is 12.3. The van der Waals surface area contributed by atoms with E-state index >= 15 is 0 Å². The normalized spacial score (nSPS) is 9.87. The number of benzene rings is 1. The van der Waals surface area contributed by atoms with Crippen molar-refractivity contribution in [2.45, 2.75) is 12.8 Å². The van der Waals surface area contributed by atoms with Gasteiger partial charge in [-0.15, -0.1) is 0 Å². The van der Waals surface area contributed by atoms with E-state index in [2.05, 4.69) is 4.98 Å². The minimum atomic E-state index is -1.01. The smallest absolute Gasteiger partial charge is 0.550 e. The molecule has 1 aromatic heterocycles. The van der Waals surface area contributed by atoms with Crippen molar-refractivity contribution < 1.29 is 39.5 Å². The number of carboxylic acids is 1. The number of aromatic amines is 1. The maximum Gasteiger partial charge on any atom is 1.00 e. The maximum absolute atomic E-state index is 10.3. The molecule has 0 aliphatic rings. The number of rotatable bonds is 3. The number of aliphatic carboxylic acids is 1. The Kier molecular flexibility index (Phi) is 4.39. The first-order valence-corrected chi connectivity index (χ1v) is 4.52. The van der Waals surface area contributed by atoms with Crippen molar-refractivity contribution in [2.24, 2.45) is 0 Å². The number of carbonyl (C=O) groups excluding carboxylic acids is 1. The minimum absolute atomic E-state index is 0. The summed E-state index contributed by atoms with van der Waals surface area (Å²) in [6.07, 6.45) is 0.559. The molecule has 0 amide bonds. The van der Waals surface area contributed by atoms with Gasteiger partial charge < -0.3 is 14.9 Å². The number of H-pyrrole nitrogens is 1. The van der Waals surface area contributed by atoms with Crippen molar-refractivity contribution in [1.82, 2.24) is 4.98 Å². The number of aryl methyl sites for hydroxylation is 1. The molecule has 0 unspecified atom stereocenters. The Labute approximate surface area is 110 Å². The van der Waals surface area contributed by atoms with Gasteiger partial charge in [-0.05, 0) is 30.4 Å². The summed E-state index contributed by atoms with van der Waals surface area (Å²) in [5.74, 6) is -1.01. The summed E-state index contributed by atoms with van der Waals surface area (Å²) in [7, 11) is 0. The van der Waals surface area contributed by atoms with Crippen molar-refractivity contribution in [3.05, 3.63) is 36.0 Å². The summed E-state index contributed by atoms with van der Waals surface area (Å²) < 4.78 is 0. The molecule has 72 valence electrons. The number of hydrogen-bond acceptors (Lipinski definition) is 2. The zero-order valence-electron chi connectivity index (χ0n) is 8.62. The van der Waals surface area contributed by atoms with Crippen molar-refractivity contribution in [1.29, 1.82) is 0 Å². The summed E-state index contributed by atoms with van der Waals surface area (Å²) >= 11 is 0. The van der Waals surface area contributed by atoms with Gasteiger partial charge in [0.05, 0.1) is 0 Å². The van der Waals surface area contributed by atoms with Gasteiger partial charge in [-0.2, -0.15) is 0 Å². The van der Waals surface area contributed by atoms with Crippen LogP contribution in [0.5, 0.6) is 0 Å². The first-order chi connectivity index (χ1) is 6.75. The molecular formula is C11H10NNaO2. The third kappa shape index (κ3) is 3.09. The third-order valence-electron chi connectivity index (χ3n) is 2.18. The van der Waals surface area contributed by atoms with Gasteiger partial charge in [-0.3, -0.25) is 0 Å². The fourth-order valence-electron chi connectivity index (χ4n) is 1.50. The molecule has 0 aliphatic heterocycles. The van der Waals surface area contributed by atoms with Gasteiger partial charge in [0.25, 0.3) is 0 Å². The Hall–Kier alpha value is -0.770. The summed E-state index contributed by atoms with van der Waals surface area (Å²) in [6, 6.07) is 9.84. The van der Waals surface area contributed by atoms with Crippen LogP contribution in [0.25, 0.3) is 10.9 Å². The van der Waals surface area contributed by atoms with Gasteiger partial charge in [0.1, 0.15) is 0 Å². The van der Waals surface area contributed by atoms with Crippen molar-refractivity contribution in [3.63, 3.8) is 0 Å². The van der Waals surface area contributed by atoms with Crippen LogP contribution in [0.15, 0.2) is 30.3 Å². The quantitative estimate of drug-likeness (QED) is 0.589. The van der Waals surface area contributed by atoms with E-state index in [0.717, 1.165) is 16.6 Å². The van der Waals surface area contributed by atoms with Crippen LogP contribution in [-0.4, -0.2) is 11.0 Å². The van der Waals surface area contributed by atoms with E-state index in [1.807, 2.05) is 30.3 Å². The maximum atomic E-state index is 10.3. The second kappa shape index (κ2) is 5.35. The van der Waals surface area contributed by atoms with E-state index in [1.54, 1.807) is 0 Å². The van der Waals surface area contributed by atoms with Crippen LogP contribution in [0.2, 0.25) is 0 Å². The zero-order chi connectivity index (χ0) is 9.97. The van der Waals surface area contributed by atoms with E-state index < -0.39 is 5.97 Å². The summed E-state index contributed by atoms with van der Waals surface area (Å²) in [5, 5.41) is 11.4. The van der Waals surface area contributed by atoms with E-state index in [9.17, 15) is 9.90 Å². The Balaban J connectivity index is 0.00000112. The molecule has 4 heteroatoms. The van der Waals surface area contributed by atoms with Gasteiger partial charge in [-0.25, -0.2) is 0 Å². The topological polar surface area (TPSA) is 55.9 Å². The third-order valence-corrected chi connectivity index (χ3v) is 2.18. The molecule has 1 heterocycles. The molecule has 0 radical (unpaired) electrons. The van der Waals surface area contributed by atoms with Crippen LogP contribution in [0.3, 0.4) is 0 Å². The average molecular weight is 211 g/mol. The molecule has 0 atom stereocenters. The average Bonchev–Trinajstić information content (AvgIpc) is 2.57.